The molecule has 2 aromatic carbocycles. The molecule has 0 saturated carbocycles. The molecule has 0 aliphatic carbocycles. The van der Waals surface area contributed by atoms with E-state index in [2.05, 4.69) is 16.0 Å². The van der Waals surface area contributed by atoms with Crippen molar-refractivity contribution in [2.75, 3.05) is 26.2 Å². The summed E-state index contributed by atoms with van der Waals surface area (Å²) in [7, 11) is 4.84. The largest absolute Gasteiger partial charge is 0.497 e. The molecule has 0 radical (unpaired) electrons. The zero-order chi connectivity index (χ0) is 21.3. The van der Waals surface area contributed by atoms with Gasteiger partial charge in [0.15, 0.2) is 0 Å². The van der Waals surface area contributed by atoms with Crippen LogP contribution >= 0.6 is 0 Å². The van der Waals surface area contributed by atoms with Gasteiger partial charge >= 0.3 is 0 Å². The van der Waals surface area contributed by atoms with Crippen molar-refractivity contribution >= 4 is 5.95 Å². The van der Waals surface area contributed by atoms with Crippen molar-refractivity contribution in [2.45, 2.75) is 19.5 Å². The monoisotopic (exact) mass is 404 g/mol. The molecule has 7 nitrogen and oxygen atoms in total. The molecule has 3 rings (SSSR count). The van der Waals surface area contributed by atoms with Crippen LogP contribution in [0.3, 0.4) is 0 Å². The fraction of sp³-hybridized carbons (Fsp3) is 0.261. The third kappa shape index (κ3) is 5.39. The van der Waals surface area contributed by atoms with Crippen molar-refractivity contribution in [1.82, 2.24) is 9.97 Å². The van der Waals surface area contributed by atoms with Crippen LogP contribution in [0.4, 0.5) is 5.95 Å². The summed E-state index contributed by atoms with van der Waals surface area (Å²) >= 11 is 0. The zero-order valence-electron chi connectivity index (χ0n) is 17.3. The lowest BCUT2D eigenvalue weighted by Crippen LogP contribution is -2.25. The van der Waals surface area contributed by atoms with E-state index in [9.17, 15) is 0 Å². The Hall–Kier alpha value is -3.79. The second-order valence-corrected chi connectivity index (χ2v) is 6.59. The number of nitriles is 1. The maximum atomic E-state index is 9.09. The topological polar surface area (TPSA) is 80.5 Å². The summed E-state index contributed by atoms with van der Waals surface area (Å²) in [4.78, 5) is 11.2. The number of anilines is 1. The van der Waals surface area contributed by atoms with Gasteiger partial charge in [0.25, 0.3) is 0 Å². The van der Waals surface area contributed by atoms with Gasteiger partial charge in [0.1, 0.15) is 11.5 Å². The number of hydrogen-bond donors (Lipinski definition) is 0. The molecule has 0 aliphatic heterocycles. The number of nitrogens with zero attached hydrogens (tertiary/aromatic N) is 4. The van der Waals surface area contributed by atoms with E-state index in [-0.39, 0.29) is 6.42 Å². The quantitative estimate of drug-likeness (QED) is 0.537. The summed E-state index contributed by atoms with van der Waals surface area (Å²) < 4.78 is 15.8. The van der Waals surface area contributed by atoms with Gasteiger partial charge in [-0.15, -0.1) is 0 Å². The molecule has 0 spiro atoms. The Morgan fingerprint density at radius 3 is 1.77 bits per heavy atom. The van der Waals surface area contributed by atoms with Gasteiger partial charge in [0.2, 0.25) is 11.8 Å². The SMILES string of the molecule is COc1ccc(CN(Cc2ccc(OC)cc2)c2nc(CC#N)cc(OC)n2)cc1. The molecular formula is C23H24N4O3. The highest BCUT2D eigenvalue weighted by molar-refractivity contribution is 5.40. The lowest BCUT2D eigenvalue weighted by atomic mass is 10.1. The summed E-state index contributed by atoms with van der Waals surface area (Å²) in [6, 6.07) is 19.6. The van der Waals surface area contributed by atoms with E-state index in [0.717, 1.165) is 22.6 Å². The fourth-order valence-corrected chi connectivity index (χ4v) is 2.98. The molecule has 0 bridgehead atoms. The van der Waals surface area contributed by atoms with Crippen molar-refractivity contribution in [3.05, 3.63) is 71.4 Å². The van der Waals surface area contributed by atoms with Crippen LogP contribution in [0.1, 0.15) is 16.8 Å². The Kier molecular flexibility index (Phi) is 7.06. The Balaban J connectivity index is 1.94. The van der Waals surface area contributed by atoms with Gasteiger partial charge in [-0.05, 0) is 35.4 Å². The van der Waals surface area contributed by atoms with Crippen LogP contribution in [0.25, 0.3) is 0 Å². The summed E-state index contributed by atoms with van der Waals surface area (Å²) in [5, 5.41) is 9.09. The summed E-state index contributed by atoms with van der Waals surface area (Å²) in [5.41, 5.74) is 2.78. The number of rotatable bonds is 9. The first-order chi connectivity index (χ1) is 14.6. The van der Waals surface area contributed by atoms with Gasteiger partial charge < -0.3 is 19.1 Å². The molecule has 0 fully saturated rings. The molecular weight excluding hydrogens is 380 g/mol. The van der Waals surface area contributed by atoms with E-state index in [1.165, 1.54) is 0 Å². The molecule has 0 unspecified atom stereocenters. The molecule has 3 aromatic rings. The van der Waals surface area contributed by atoms with Crippen LogP contribution in [0.15, 0.2) is 54.6 Å². The first-order valence-electron chi connectivity index (χ1n) is 9.45. The van der Waals surface area contributed by atoms with Crippen molar-refractivity contribution in [3.8, 4) is 23.4 Å². The molecule has 154 valence electrons. The van der Waals surface area contributed by atoms with Crippen molar-refractivity contribution < 1.29 is 14.2 Å². The predicted octanol–water partition coefficient (Wildman–Crippen LogP) is 3.78. The Bertz CT molecular complexity index is 949. The molecule has 0 amide bonds. The van der Waals surface area contributed by atoms with Crippen LogP contribution in [0.5, 0.6) is 17.4 Å². The van der Waals surface area contributed by atoms with Crippen LogP contribution < -0.4 is 19.1 Å². The summed E-state index contributed by atoms with van der Waals surface area (Å²) in [6.45, 7) is 1.16. The Morgan fingerprint density at radius 1 is 0.800 bits per heavy atom. The minimum atomic E-state index is 0.185. The van der Waals surface area contributed by atoms with Crippen LogP contribution in [-0.4, -0.2) is 31.3 Å². The molecule has 0 atom stereocenters. The number of hydrogen-bond acceptors (Lipinski definition) is 7. The van der Waals surface area contributed by atoms with Gasteiger partial charge in [0.05, 0.1) is 39.5 Å². The van der Waals surface area contributed by atoms with Gasteiger partial charge in [-0.25, -0.2) is 4.98 Å². The van der Waals surface area contributed by atoms with Gasteiger partial charge in [-0.3, -0.25) is 0 Å². The van der Waals surface area contributed by atoms with E-state index < -0.39 is 0 Å². The van der Waals surface area contributed by atoms with Gasteiger partial charge in [-0.2, -0.15) is 10.2 Å². The number of aromatic nitrogens is 2. The lowest BCUT2D eigenvalue weighted by molar-refractivity contribution is 0.396. The number of ether oxygens (including phenoxy) is 3. The molecule has 0 aliphatic rings. The molecule has 7 heteroatoms. The maximum Gasteiger partial charge on any atom is 0.229 e. The normalized spacial score (nSPS) is 10.2. The number of methoxy groups -OCH3 is 3. The molecule has 30 heavy (non-hydrogen) atoms. The second kappa shape index (κ2) is 10.1. The second-order valence-electron chi connectivity index (χ2n) is 6.59. The van der Waals surface area contributed by atoms with Crippen molar-refractivity contribution in [3.63, 3.8) is 0 Å². The van der Waals surface area contributed by atoms with E-state index in [4.69, 9.17) is 19.5 Å². The standard InChI is InChI=1S/C23H24N4O3/c1-28-20-8-4-17(5-9-20)15-27(16-18-6-10-21(29-2)11-7-18)23-25-19(12-13-24)14-22(26-23)30-3/h4-11,14H,12,15-16H2,1-3H3. The highest BCUT2D eigenvalue weighted by Crippen LogP contribution is 2.22. The van der Waals surface area contributed by atoms with Crippen LogP contribution in [0, 0.1) is 11.3 Å². The first-order valence-corrected chi connectivity index (χ1v) is 9.45. The molecule has 1 aromatic heterocycles. The third-order valence-corrected chi connectivity index (χ3v) is 4.56. The molecule has 0 N–H and O–H groups in total. The first kappa shape index (κ1) is 20.9. The smallest absolute Gasteiger partial charge is 0.229 e. The van der Waals surface area contributed by atoms with Crippen LogP contribution in [-0.2, 0) is 19.5 Å². The van der Waals surface area contributed by atoms with Gasteiger partial charge in [-0.1, -0.05) is 24.3 Å². The average molecular weight is 404 g/mol. The highest BCUT2D eigenvalue weighted by Gasteiger charge is 2.15. The minimum Gasteiger partial charge on any atom is -0.497 e. The molecule has 0 saturated heterocycles. The van der Waals surface area contributed by atoms with Crippen LogP contribution in [0.2, 0.25) is 0 Å². The maximum absolute atomic E-state index is 9.09. The zero-order valence-corrected chi connectivity index (χ0v) is 17.3. The summed E-state index contributed by atoms with van der Waals surface area (Å²) in [5.74, 6) is 2.54. The minimum absolute atomic E-state index is 0.185. The van der Waals surface area contributed by atoms with E-state index in [1.807, 2.05) is 53.4 Å². The lowest BCUT2D eigenvalue weighted by Gasteiger charge is -2.24. The average Bonchev–Trinajstić information content (AvgIpc) is 2.79. The predicted molar refractivity (Wildman–Crippen MR) is 114 cm³/mol. The Labute approximate surface area is 176 Å². The van der Waals surface area contributed by atoms with Crippen molar-refractivity contribution in [2.24, 2.45) is 0 Å². The Morgan fingerprint density at radius 2 is 1.33 bits per heavy atom. The van der Waals surface area contributed by atoms with E-state index in [1.54, 1.807) is 27.4 Å². The van der Waals surface area contributed by atoms with E-state index >= 15 is 0 Å². The molecule has 1 heterocycles. The summed E-state index contributed by atoms with van der Waals surface area (Å²) in [6.07, 6.45) is 0.185. The van der Waals surface area contributed by atoms with Gasteiger partial charge in [0, 0.05) is 19.2 Å². The fourth-order valence-electron chi connectivity index (χ4n) is 2.98. The van der Waals surface area contributed by atoms with E-state index in [0.29, 0.717) is 30.6 Å². The third-order valence-electron chi connectivity index (χ3n) is 4.56. The van der Waals surface area contributed by atoms with Crippen molar-refractivity contribution in [1.29, 1.82) is 5.26 Å². The highest BCUT2D eigenvalue weighted by atomic mass is 16.5. The number of benzene rings is 2.